The fourth-order valence-electron chi connectivity index (χ4n) is 2.05. The predicted octanol–water partition coefficient (Wildman–Crippen LogP) is -0.944. The van der Waals surface area contributed by atoms with Crippen molar-refractivity contribution in [2.75, 3.05) is 46.4 Å². The number of amides is 2. The number of carbonyl (C=O) groups excluding carboxylic acids is 2. The monoisotopic (exact) mass is 255 g/mol. The molecular formula is C12H21N3O3. The molecule has 1 heterocycles. The third-order valence-electron chi connectivity index (χ3n) is 3.37. The third-order valence-corrected chi connectivity index (χ3v) is 3.37. The van der Waals surface area contributed by atoms with Gasteiger partial charge >= 0.3 is 0 Å². The van der Waals surface area contributed by atoms with E-state index in [9.17, 15) is 9.59 Å². The number of hydrogen-bond donors (Lipinski definition) is 1. The van der Waals surface area contributed by atoms with Crippen molar-refractivity contribution < 1.29 is 14.3 Å². The van der Waals surface area contributed by atoms with Gasteiger partial charge in [-0.3, -0.25) is 9.59 Å². The zero-order valence-electron chi connectivity index (χ0n) is 10.9. The Hall–Kier alpha value is -1.14. The maximum absolute atomic E-state index is 11.9. The van der Waals surface area contributed by atoms with Gasteiger partial charge in [-0.2, -0.15) is 0 Å². The smallest absolute Gasteiger partial charge is 0.248 e. The summed E-state index contributed by atoms with van der Waals surface area (Å²) in [5.41, 5.74) is 0. The lowest BCUT2D eigenvalue weighted by atomic mass is 10.3. The van der Waals surface area contributed by atoms with Crippen LogP contribution in [0.1, 0.15) is 12.8 Å². The van der Waals surface area contributed by atoms with Gasteiger partial charge in [-0.15, -0.1) is 0 Å². The van der Waals surface area contributed by atoms with Crippen molar-refractivity contribution in [2.45, 2.75) is 18.9 Å². The van der Waals surface area contributed by atoms with E-state index in [0.717, 1.165) is 0 Å². The molecule has 1 N–H and O–H groups in total. The van der Waals surface area contributed by atoms with Crippen LogP contribution in [0.15, 0.2) is 0 Å². The average Bonchev–Trinajstić information content (AvgIpc) is 3.20. The number of ether oxygens (including phenoxy) is 1. The van der Waals surface area contributed by atoms with Crippen LogP contribution in [-0.4, -0.2) is 74.1 Å². The molecule has 0 aromatic heterocycles. The van der Waals surface area contributed by atoms with E-state index in [0.29, 0.717) is 38.8 Å². The maximum atomic E-state index is 11.9. The first-order chi connectivity index (χ1) is 8.70. The average molecular weight is 255 g/mol. The number of rotatable bonds is 5. The van der Waals surface area contributed by atoms with Gasteiger partial charge < -0.3 is 19.9 Å². The number of carbonyl (C=O) groups is 2. The molecule has 0 aromatic rings. The lowest BCUT2D eigenvalue weighted by molar-refractivity contribution is -0.141. The minimum Gasteiger partial charge on any atom is -0.375 e. The molecule has 1 aliphatic heterocycles. The predicted molar refractivity (Wildman–Crippen MR) is 66.1 cm³/mol. The van der Waals surface area contributed by atoms with E-state index in [1.54, 1.807) is 4.90 Å². The highest BCUT2D eigenvalue weighted by atomic mass is 16.5. The first kappa shape index (κ1) is 13.3. The molecule has 1 aliphatic carbocycles. The lowest BCUT2D eigenvalue weighted by Gasteiger charge is -2.34. The van der Waals surface area contributed by atoms with Crippen molar-refractivity contribution >= 4 is 11.8 Å². The summed E-state index contributed by atoms with van der Waals surface area (Å²) < 4.78 is 4.82. The van der Waals surface area contributed by atoms with E-state index >= 15 is 0 Å². The van der Waals surface area contributed by atoms with Crippen molar-refractivity contribution in [1.82, 2.24) is 15.1 Å². The van der Waals surface area contributed by atoms with E-state index in [-0.39, 0.29) is 18.4 Å². The Morgan fingerprint density at radius 3 is 2.17 bits per heavy atom. The highest BCUT2D eigenvalue weighted by Gasteiger charge is 2.26. The molecule has 2 aliphatic rings. The van der Waals surface area contributed by atoms with Crippen LogP contribution in [-0.2, 0) is 14.3 Å². The van der Waals surface area contributed by atoms with Crippen molar-refractivity contribution in [2.24, 2.45) is 0 Å². The Bertz CT molecular complexity index is 310. The van der Waals surface area contributed by atoms with Crippen molar-refractivity contribution in [3.05, 3.63) is 0 Å². The molecule has 2 fully saturated rings. The molecule has 1 saturated carbocycles. The van der Waals surface area contributed by atoms with Crippen LogP contribution >= 0.6 is 0 Å². The number of hydrogen-bond acceptors (Lipinski definition) is 4. The Labute approximate surface area is 107 Å². The zero-order valence-corrected chi connectivity index (χ0v) is 10.9. The van der Waals surface area contributed by atoms with E-state index in [2.05, 4.69) is 5.32 Å². The largest absolute Gasteiger partial charge is 0.375 e. The van der Waals surface area contributed by atoms with Gasteiger partial charge in [0.25, 0.3) is 0 Å². The standard InChI is InChI=1S/C12H21N3O3/c1-18-9-12(17)15-6-4-14(5-7-15)11(16)8-13-10-2-3-10/h10,13H,2-9H2,1H3. The minimum absolute atomic E-state index is 0.000652. The molecule has 6 nitrogen and oxygen atoms in total. The van der Waals surface area contributed by atoms with E-state index < -0.39 is 0 Å². The summed E-state index contributed by atoms with van der Waals surface area (Å²) in [6.45, 7) is 3.02. The first-order valence-corrected chi connectivity index (χ1v) is 6.48. The number of nitrogens with zero attached hydrogens (tertiary/aromatic N) is 2. The van der Waals surface area contributed by atoms with Gasteiger partial charge in [0.1, 0.15) is 6.61 Å². The SMILES string of the molecule is COCC(=O)N1CCN(C(=O)CNC2CC2)CC1. The van der Waals surface area contributed by atoms with Gasteiger partial charge in [0.15, 0.2) is 0 Å². The molecule has 2 rings (SSSR count). The van der Waals surface area contributed by atoms with E-state index in [4.69, 9.17) is 4.74 Å². The molecule has 0 atom stereocenters. The Kier molecular flexibility index (Phi) is 4.54. The molecule has 1 saturated heterocycles. The molecule has 0 bridgehead atoms. The summed E-state index contributed by atoms with van der Waals surface area (Å²) in [6, 6.07) is 0.554. The minimum atomic E-state index is 0.000652. The van der Waals surface area contributed by atoms with Gasteiger partial charge in [-0.05, 0) is 12.8 Å². The number of methoxy groups -OCH3 is 1. The lowest BCUT2D eigenvalue weighted by Crippen LogP contribution is -2.53. The fourth-order valence-corrected chi connectivity index (χ4v) is 2.05. The molecule has 0 aromatic carbocycles. The molecule has 2 amide bonds. The van der Waals surface area contributed by atoms with Crippen molar-refractivity contribution in [3.63, 3.8) is 0 Å². The Morgan fingerprint density at radius 2 is 1.67 bits per heavy atom. The van der Waals surface area contributed by atoms with Gasteiger partial charge in [-0.25, -0.2) is 0 Å². The quantitative estimate of drug-likeness (QED) is 0.688. The zero-order chi connectivity index (χ0) is 13.0. The van der Waals surface area contributed by atoms with Crippen LogP contribution in [0.2, 0.25) is 0 Å². The molecule has 0 radical (unpaired) electrons. The maximum Gasteiger partial charge on any atom is 0.248 e. The summed E-state index contributed by atoms with van der Waals surface area (Å²) in [6.07, 6.45) is 2.37. The second-order valence-electron chi connectivity index (χ2n) is 4.85. The van der Waals surface area contributed by atoms with E-state index in [1.165, 1.54) is 20.0 Å². The van der Waals surface area contributed by atoms with Gasteiger partial charge in [0, 0.05) is 39.3 Å². The second-order valence-corrected chi connectivity index (χ2v) is 4.85. The third kappa shape index (κ3) is 3.68. The molecule has 0 unspecified atom stereocenters. The van der Waals surface area contributed by atoms with Crippen LogP contribution < -0.4 is 5.32 Å². The Balaban J connectivity index is 1.68. The number of nitrogens with one attached hydrogen (secondary N) is 1. The van der Waals surface area contributed by atoms with E-state index in [1.807, 2.05) is 4.90 Å². The number of piperazine rings is 1. The molecule has 0 spiro atoms. The van der Waals surface area contributed by atoms with Crippen molar-refractivity contribution in [3.8, 4) is 0 Å². The molecule has 6 heteroatoms. The molecule has 18 heavy (non-hydrogen) atoms. The van der Waals surface area contributed by atoms with Crippen LogP contribution in [0, 0.1) is 0 Å². The highest BCUT2D eigenvalue weighted by Crippen LogP contribution is 2.18. The summed E-state index contributed by atoms with van der Waals surface area (Å²) in [5.74, 6) is 0.140. The van der Waals surface area contributed by atoms with Gasteiger partial charge in [0.05, 0.1) is 6.54 Å². The van der Waals surface area contributed by atoms with Crippen LogP contribution in [0.25, 0.3) is 0 Å². The fraction of sp³-hybridized carbons (Fsp3) is 0.833. The normalized spacial score (nSPS) is 20.1. The first-order valence-electron chi connectivity index (χ1n) is 6.48. The Morgan fingerprint density at radius 1 is 1.11 bits per heavy atom. The summed E-state index contributed by atoms with van der Waals surface area (Å²) in [7, 11) is 1.52. The summed E-state index contributed by atoms with van der Waals surface area (Å²) in [5, 5.41) is 3.22. The molecule has 102 valence electrons. The van der Waals surface area contributed by atoms with Crippen molar-refractivity contribution in [1.29, 1.82) is 0 Å². The molecular weight excluding hydrogens is 234 g/mol. The summed E-state index contributed by atoms with van der Waals surface area (Å²) >= 11 is 0. The second kappa shape index (κ2) is 6.15. The highest BCUT2D eigenvalue weighted by molar-refractivity contribution is 5.80. The van der Waals surface area contributed by atoms with Gasteiger partial charge in [0.2, 0.25) is 11.8 Å². The van der Waals surface area contributed by atoms with Crippen LogP contribution in [0.5, 0.6) is 0 Å². The van der Waals surface area contributed by atoms with Crippen LogP contribution in [0.4, 0.5) is 0 Å². The van der Waals surface area contributed by atoms with Gasteiger partial charge in [-0.1, -0.05) is 0 Å². The summed E-state index contributed by atoms with van der Waals surface area (Å²) in [4.78, 5) is 27.0. The topological polar surface area (TPSA) is 61.9 Å². The van der Waals surface area contributed by atoms with Crippen LogP contribution in [0.3, 0.4) is 0 Å².